The number of fused-ring (bicyclic) bond motifs is 1. The number of aliphatic hydroxyl groups is 1. The van der Waals surface area contributed by atoms with E-state index >= 15 is 0 Å². The molecule has 5 heteroatoms. The molecule has 0 bridgehead atoms. The van der Waals surface area contributed by atoms with Crippen molar-refractivity contribution in [2.75, 3.05) is 11.4 Å². The van der Waals surface area contributed by atoms with Gasteiger partial charge < -0.3 is 10.0 Å². The lowest BCUT2D eigenvalue weighted by Gasteiger charge is -2.22. The van der Waals surface area contributed by atoms with Gasteiger partial charge in [-0.25, -0.2) is 0 Å². The van der Waals surface area contributed by atoms with Crippen LogP contribution < -0.4 is 4.90 Å². The number of para-hydroxylation sites is 1. The van der Waals surface area contributed by atoms with Crippen molar-refractivity contribution in [2.24, 2.45) is 0 Å². The number of hydrogen-bond donors (Lipinski definition) is 1. The minimum Gasteiger partial charge on any atom is -0.375 e. The van der Waals surface area contributed by atoms with Crippen LogP contribution in [0.15, 0.2) is 60.7 Å². The zero-order chi connectivity index (χ0) is 18.2. The molecule has 0 aromatic heterocycles. The highest BCUT2D eigenvalue weighted by Crippen LogP contribution is 2.43. The van der Waals surface area contributed by atoms with Crippen molar-refractivity contribution < 1.29 is 14.7 Å². The maximum absolute atomic E-state index is 12.9. The predicted octanol–water partition coefficient (Wildman–Crippen LogP) is 3.72. The molecule has 0 aliphatic carbocycles. The molecule has 1 heterocycles. The van der Waals surface area contributed by atoms with Crippen LogP contribution in [-0.2, 0) is 10.4 Å². The number of carbonyl (C=O) groups is 2. The van der Waals surface area contributed by atoms with Gasteiger partial charge in [-0.05, 0) is 37.3 Å². The zero-order valence-electron chi connectivity index (χ0n) is 13.8. The van der Waals surface area contributed by atoms with Crippen LogP contribution in [0.4, 0.5) is 5.69 Å². The molecule has 25 heavy (non-hydrogen) atoms. The summed E-state index contributed by atoms with van der Waals surface area (Å²) in [5.41, 5.74) is 0.381. The molecule has 0 unspecified atom stereocenters. The molecule has 0 radical (unpaired) electrons. The van der Waals surface area contributed by atoms with E-state index in [0.29, 0.717) is 28.4 Å². The summed E-state index contributed by atoms with van der Waals surface area (Å²) >= 11 is 5.84. The summed E-state index contributed by atoms with van der Waals surface area (Å²) in [5.74, 6) is -0.821. The van der Waals surface area contributed by atoms with E-state index in [0.717, 1.165) is 5.57 Å². The van der Waals surface area contributed by atoms with Crippen molar-refractivity contribution in [2.45, 2.75) is 18.9 Å². The number of nitrogens with zero attached hydrogens (tertiary/aromatic N) is 1. The molecule has 128 valence electrons. The Morgan fingerprint density at radius 2 is 1.84 bits per heavy atom. The average Bonchev–Trinajstić information content (AvgIpc) is 2.77. The number of rotatable bonds is 5. The fraction of sp³-hybridized carbons (Fsp3) is 0.200. The highest BCUT2D eigenvalue weighted by atomic mass is 35.5. The lowest BCUT2D eigenvalue weighted by Crippen LogP contribution is -2.42. The summed E-state index contributed by atoms with van der Waals surface area (Å²) in [7, 11) is 0. The van der Waals surface area contributed by atoms with Crippen molar-refractivity contribution in [1.82, 2.24) is 0 Å². The first-order valence-electron chi connectivity index (χ1n) is 7.90. The largest absolute Gasteiger partial charge is 0.375 e. The van der Waals surface area contributed by atoms with E-state index in [4.69, 9.17) is 11.6 Å². The molecule has 0 saturated heterocycles. The van der Waals surface area contributed by atoms with Gasteiger partial charge in [0.2, 0.25) is 0 Å². The molecule has 1 aliphatic rings. The van der Waals surface area contributed by atoms with Crippen LogP contribution in [0.25, 0.3) is 0 Å². The van der Waals surface area contributed by atoms with Gasteiger partial charge in [-0.1, -0.05) is 42.0 Å². The third-order valence-corrected chi connectivity index (χ3v) is 4.50. The summed E-state index contributed by atoms with van der Waals surface area (Å²) < 4.78 is 0. The van der Waals surface area contributed by atoms with Crippen LogP contribution in [0.3, 0.4) is 0 Å². The Bertz CT molecular complexity index is 859. The topological polar surface area (TPSA) is 57.6 Å². The number of hydrogen-bond acceptors (Lipinski definition) is 3. The molecule has 1 N–H and O–H groups in total. The fourth-order valence-electron chi connectivity index (χ4n) is 3.07. The maximum atomic E-state index is 12.9. The van der Waals surface area contributed by atoms with Crippen LogP contribution >= 0.6 is 11.6 Å². The van der Waals surface area contributed by atoms with Gasteiger partial charge in [0.05, 0.1) is 12.1 Å². The molecular weight excluding hydrogens is 338 g/mol. The predicted molar refractivity (Wildman–Crippen MR) is 97.9 cm³/mol. The Morgan fingerprint density at radius 3 is 2.48 bits per heavy atom. The van der Waals surface area contributed by atoms with Gasteiger partial charge in [-0.2, -0.15) is 0 Å². The van der Waals surface area contributed by atoms with Gasteiger partial charge in [0.25, 0.3) is 5.91 Å². The third-order valence-electron chi connectivity index (χ3n) is 4.25. The number of carbonyl (C=O) groups excluding carboxylic acids is 2. The minimum atomic E-state index is -1.87. The normalized spacial score (nSPS) is 19.0. The van der Waals surface area contributed by atoms with Crippen molar-refractivity contribution in [3.8, 4) is 0 Å². The first kappa shape index (κ1) is 17.4. The number of Topliss-reactive ketones (excluding diaryl/α,β-unsaturated/α-hetero) is 1. The average molecular weight is 356 g/mol. The molecule has 1 atom stereocenters. The molecular formula is C20H18ClNO3. The number of halogens is 1. The van der Waals surface area contributed by atoms with Crippen LogP contribution in [0.2, 0.25) is 5.02 Å². The van der Waals surface area contributed by atoms with Crippen molar-refractivity contribution >= 4 is 29.0 Å². The van der Waals surface area contributed by atoms with Gasteiger partial charge in [0, 0.05) is 22.7 Å². The summed E-state index contributed by atoms with van der Waals surface area (Å²) in [6, 6.07) is 13.4. The third kappa shape index (κ3) is 3.11. The van der Waals surface area contributed by atoms with Crippen molar-refractivity contribution in [3.05, 3.63) is 76.8 Å². The Labute approximate surface area is 151 Å². The Hall–Kier alpha value is -2.43. The Morgan fingerprint density at radius 1 is 1.20 bits per heavy atom. The quantitative estimate of drug-likeness (QED) is 0.657. The molecule has 4 nitrogen and oxygen atoms in total. The number of anilines is 1. The van der Waals surface area contributed by atoms with E-state index in [1.165, 1.54) is 4.90 Å². The van der Waals surface area contributed by atoms with E-state index in [1.54, 1.807) is 48.5 Å². The summed E-state index contributed by atoms with van der Waals surface area (Å²) in [4.78, 5) is 27.0. The van der Waals surface area contributed by atoms with Crippen molar-refractivity contribution in [1.29, 1.82) is 0 Å². The lowest BCUT2D eigenvalue weighted by molar-refractivity contribution is -0.135. The van der Waals surface area contributed by atoms with Gasteiger partial charge >= 0.3 is 0 Å². The van der Waals surface area contributed by atoms with Crippen molar-refractivity contribution in [3.63, 3.8) is 0 Å². The van der Waals surface area contributed by atoms with Crippen LogP contribution in [0.5, 0.6) is 0 Å². The van der Waals surface area contributed by atoms with Gasteiger partial charge in [-0.3, -0.25) is 9.59 Å². The second-order valence-corrected chi connectivity index (χ2v) is 6.77. The monoisotopic (exact) mass is 355 g/mol. The summed E-state index contributed by atoms with van der Waals surface area (Å²) in [6.45, 7) is 5.95. The van der Waals surface area contributed by atoms with E-state index < -0.39 is 11.5 Å². The standard InChI is InChI=1S/C20H18ClNO3/c1-13(2)12-22-17-6-4-3-5-16(17)20(25,19(22)24)11-18(23)14-7-9-15(21)10-8-14/h3-10,25H,1,11-12H2,2H3/t20-/m1/s1. The lowest BCUT2D eigenvalue weighted by atomic mass is 9.88. The number of benzene rings is 2. The van der Waals surface area contributed by atoms with Crippen LogP contribution in [0, 0.1) is 0 Å². The summed E-state index contributed by atoms with van der Waals surface area (Å²) in [5, 5.41) is 11.6. The molecule has 0 fully saturated rings. The molecule has 0 saturated carbocycles. The smallest absolute Gasteiger partial charge is 0.264 e. The Kier molecular flexibility index (Phi) is 4.50. The minimum absolute atomic E-state index is 0.299. The SMILES string of the molecule is C=C(C)CN1C(=O)[C@@](O)(CC(=O)c2ccc(Cl)cc2)c2ccccc21. The second-order valence-electron chi connectivity index (χ2n) is 6.33. The molecule has 2 aromatic carbocycles. The van der Waals surface area contributed by atoms with Crippen LogP contribution in [-0.4, -0.2) is 23.3 Å². The molecule has 3 rings (SSSR count). The highest BCUT2D eigenvalue weighted by molar-refractivity contribution is 6.30. The van der Waals surface area contributed by atoms with Crippen LogP contribution in [0.1, 0.15) is 29.3 Å². The van der Waals surface area contributed by atoms with Gasteiger partial charge in [0.15, 0.2) is 11.4 Å². The first-order valence-corrected chi connectivity index (χ1v) is 8.28. The number of ketones is 1. The van der Waals surface area contributed by atoms with E-state index in [1.807, 2.05) is 6.92 Å². The fourth-order valence-corrected chi connectivity index (χ4v) is 3.20. The summed E-state index contributed by atoms with van der Waals surface area (Å²) in [6.07, 6.45) is -0.322. The number of amides is 1. The van der Waals surface area contributed by atoms with E-state index in [-0.39, 0.29) is 12.2 Å². The molecule has 1 amide bonds. The first-order chi connectivity index (χ1) is 11.8. The Balaban J connectivity index is 1.96. The molecule has 0 spiro atoms. The second kappa shape index (κ2) is 6.47. The molecule has 2 aromatic rings. The molecule has 1 aliphatic heterocycles. The highest BCUT2D eigenvalue weighted by Gasteiger charge is 2.50. The van der Waals surface area contributed by atoms with Gasteiger partial charge in [0.1, 0.15) is 0 Å². The van der Waals surface area contributed by atoms with E-state index in [2.05, 4.69) is 6.58 Å². The van der Waals surface area contributed by atoms with Gasteiger partial charge in [-0.15, -0.1) is 0 Å². The van der Waals surface area contributed by atoms with E-state index in [9.17, 15) is 14.7 Å². The zero-order valence-corrected chi connectivity index (χ0v) is 14.6. The maximum Gasteiger partial charge on any atom is 0.264 e.